The first-order valence-corrected chi connectivity index (χ1v) is 8.18. The molecule has 0 saturated carbocycles. The summed E-state index contributed by atoms with van der Waals surface area (Å²) in [6.45, 7) is 1.36. The summed E-state index contributed by atoms with van der Waals surface area (Å²) in [7, 11) is 0. The number of nitrogens with two attached hydrogens (primary N) is 1. The van der Waals surface area contributed by atoms with Gasteiger partial charge in [-0.3, -0.25) is 4.79 Å². The van der Waals surface area contributed by atoms with Gasteiger partial charge in [-0.2, -0.15) is 0 Å². The maximum atomic E-state index is 12.1. The third-order valence-corrected chi connectivity index (χ3v) is 3.92. The van der Waals surface area contributed by atoms with Crippen LogP contribution in [0.4, 0.5) is 11.4 Å². The molecule has 126 valence electrons. The first kappa shape index (κ1) is 16.3. The Bertz CT molecular complexity index is 679. The highest BCUT2D eigenvalue weighted by molar-refractivity contribution is 5.92. The zero-order valence-corrected chi connectivity index (χ0v) is 13.5. The van der Waals surface area contributed by atoms with Gasteiger partial charge in [0.25, 0.3) is 0 Å². The number of hydrogen-bond acceptors (Lipinski definition) is 4. The van der Waals surface area contributed by atoms with Gasteiger partial charge >= 0.3 is 0 Å². The smallest absolute Gasteiger partial charge is 0.228 e. The van der Waals surface area contributed by atoms with E-state index in [4.69, 9.17) is 15.2 Å². The molecule has 3 N–H and O–H groups in total. The van der Waals surface area contributed by atoms with Gasteiger partial charge in [0.1, 0.15) is 12.4 Å². The van der Waals surface area contributed by atoms with Crippen LogP contribution in [0.25, 0.3) is 0 Å². The van der Waals surface area contributed by atoms with E-state index >= 15 is 0 Å². The quantitative estimate of drug-likeness (QED) is 0.800. The summed E-state index contributed by atoms with van der Waals surface area (Å²) in [6.07, 6.45) is 2.61. The van der Waals surface area contributed by atoms with E-state index in [-0.39, 0.29) is 12.0 Å². The van der Waals surface area contributed by atoms with Gasteiger partial charge in [0.05, 0.1) is 12.5 Å². The van der Waals surface area contributed by atoms with Crippen molar-refractivity contribution in [2.45, 2.75) is 25.4 Å². The molecule has 2 aromatic carbocycles. The molecule has 1 atom stereocenters. The molecular weight excluding hydrogens is 304 g/mol. The normalized spacial score (nSPS) is 16.8. The predicted molar refractivity (Wildman–Crippen MR) is 94.1 cm³/mol. The van der Waals surface area contributed by atoms with Crippen LogP contribution in [-0.2, 0) is 16.0 Å². The Morgan fingerprint density at radius 3 is 2.83 bits per heavy atom. The highest BCUT2D eigenvalue weighted by Crippen LogP contribution is 2.20. The van der Waals surface area contributed by atoms with E-state index in [0.29, 0.717) is 18.7 Å². The van der Waals surface area contributed by atoms with Gasteiger partial charge in [-0.15, -0.1) is 0 Å². The van der Waals surface area contributed by atoms with Crippen LogP contribution in [0.15, 0.2) is 48.5 Å². The molecule has 5 heteroatoms. The summed E-state index contributed by atoms with van der Waals surface area (Å²) < 4.78 is 11.3. The Labute approximate surface area is 141 Å². The van der Waals surface area contributed by atoms with E-state index in [1.165, 1.54) is 0 Å². The van der Waals surface area contributed by atoms with Crippen LogP contribution < -0.4 is 15.8 Å². The largest absolute Gasteiger partial charge is 0.491 e. The molecule has 0 aromatic heterocycles. The summed E-state index contributed by atoms with van der Waals surface area (Å²) in [6, 6.07) is 14.7. The molecular formula is C19H22N2O3. The molecule has 0 radical (unpaired) electrons. The number of nitrogens with one attached hydrogen (secondary N) is 1. The van der Waals surface area contributed by atoms with Crippen LogP contribution in [0.1, 0.15) is 18.4 Å². The van der Waals surface area contributed by atoms with Crippen LogP contribution >= 0.6 is 0 Å². The third-order valence-electron chi connectivity index (χ3n) is 3.92. The molecule has 1 heterocycles. The Morgan fingerprint density at radius 1 is 1.25 bits per heavy atom. The summed E-state index contributed by atoms with van der Waals surface area (Å²) in [5, 5.41) is 2.89. The van der Waals surface area contributed by atoms with Gasteiger partial charge < -0.3 is 20.5 Å². The molecule has 1 unspecified atom stereocenters. The summed E-state index contributed by atoms with van der Waals surface area (Å²) in [5.74, 6) is 0.659. The molecule has 5 nitrogen and oxygen atoms in total. The standard InChI is InChI=1S/C19H22N2O3/c20-15-8-6-14(7-9-15)11-19(22)21-16-3-1-4-17(12-16)24-13-18-5-2-10-23-18/h1,3-4,6-9,12,18H,2,5,10-11,13,20H2,(H,21,22). The van der Waals surface area contributed by atoms with Gasteiger partial charge in [0.15, 0.2) is 0 Å². The number of carbonyl (C=O) groups excluding carboxylic acids is 1. The number of ether oxygens (including phenoxy) is 2. The molecule has 0 bridgehead atoms. The first-order valence-electron chi connectivity index (χ1n) is 8.18. The van der Waals surface area contributed by atoms with Crippen LogP contribution in [0.5, 0.6) is 5.75 Å². The van der Waals surface area contributed by atoms with Crippen molar-refractivity contribution < 1.29 is 14.3 Å². The van der Waals surface area contributed by atoms with Gasteiger partial charge in [-0.1, -0.05) is 18.2 Å². The van der Waals surface area contributed by atoms with Crippen molar-refractivity contribution in [2.24, 2.45) is 0 Å². The van der Waals surface area contributed by atoms with Gasteiger partial charge in [-0.05, 0) is 42.7 Å². The van der Waals surface area contributed by atoms with E-state index in [9.17, 15) is 4.79 Å². The van der Waals surface area contributed by atoms with E-state index in [2.05, 4.69) is 5.32 Å². The van der Waals surface area contributed by atoms with Crippen molar-refractivity contribution in [1.29, 1.82) is 0 Å². The number of hydrogen-bond donors (Lipinski definition) is 2. The fourth-order valence-corrected chi connectivity index (χ4v) is 2.65. The Balaban J connectivity index is 1.53. The molecule has 3 rings (SSSR count). The average molecular weight is 326 g/mol. The average Bonchev–Trinajstić information content (AvgIpc) is 3.09. The number of nitrogen functional groups attached to an aromatic ring is 1. The van der Waals surface area contributed by atoms with Gasteiger partial charge in [0, 0.05) is 24.0 Å². The van der Waals surface area contributed by atoms with E-state index < -0.39 is 0 Å². The highest BCUT2D eigenvalue weighted by Gasteiger charge is 2.16. The zero-order chi connectivity index (χ0) is 16.8. The minimum atomic E-state index is -0.0731. The molecule has 1 saturated heterocycles. The Kier molecular flexibility index (Phi) is 5.33. The van der Waals surface area contributed by atoms with Crippen molar-refractivity contribution in [3.05, 3.63) is 54.1 Å². The van der Waals surface area contributed by atoms with E-state index in [1.807, 2.05) is 36.4 Å². The first-order chi connectivity index (χ1) is 11.7. The zero-order valence-electron chi connectivity index (χ0n) is 13.5. The van der Waals surface area contributed by atoms with Crippen molar-refractivity contribution in [1.82, 2.24) is 0 Å². The van der Waals surface area contributed by atoms with Crippen LogP contribution in [0.3, 0.4) is 0 Å². The second-order valence-electron chi connectivity index (χ2n) is 5.94. The molecule has 1 aliphatic heterocycles. The lowest BCUT2D eigenvalue weighted by molar-refractivity contribution is -0.115. The fraction of sp³-hybridized carbons (Fsp3) is 0.316. The second kappa shape index (κ2) is 7.84. The van der Waals surface area contributed by atoms with E-state index in [0.717, 1.165) is 36.4 Å². The van der Waals surface area contributed by atoms with Gasteiger partial charge in [0.2, 0.25) is 5.91 Å². The lowest BCUT2D eigenvalue weighted by Gasteiger charge is -2.12. The van der Waals surface area contributed by atoms with Crippen LogP contribution in [0, 0.1) is 0 Å². The maximum absolute atomic E-state index is 12.1. The Morgan fingerprint density at radius 2 is 2.08 bits per heavy atom. The maximum Gasteiger partial charge on any atom is 0.228 e. The summed E-state index contributed by atoms with van der Waals surface area (Å²) >= 11 is 0. The number of rotatable bonds is 6. The molecule has 0 aliphatic carbocycles. The van der Waals surface area contributed by atoms with Crippen molar-refractivity contribution in [2.75, 3.05) is 24.3 Å². The SMILES string of the molecule is Nc1ccc(CC(=O)Nc2cccc(OCC3CCCO3)c2)cc1. The molecule has 1 amide bonds. The van der Waals surface area contributed by atoms with Crippen LogP contribution in [0.2, 0.25) is 0 Å². The third kappa shape index (κ3) is 4.73. The minimum absolute atomic E-state index is 0.0731. The molecule has 24 heavy (non-hydrogen) atoms. The number of amides is 1. The number of carbonyl (C=O) groups is 1. The lowest BCUT2D eigenvalue weighted by Crippen LogP contribution is -2.17. The van der Waals surface area contributed by atoms with Crippen molar-refractivity contribution >= 4 is 17.3 Å². The Hall–Kier alpha value is -2.53. The molecule has 1 fully saturated rings. The van der Waals surface area contributed by atoms with E-state index in [1.54, 1.807) is 12.1 Å². The summed E-state index contributed by atoms with van der Waals surface area (Å²) in [5.41, 5.74) is 7.98. The number of benzene rings is 2. The molecule has 2 aromatic rings. The lowest BCUT2D eigenvalue weighted by atomic mass is 10.1. The number of anilines is 2. The molecule has 0 spiro atoms. The van der Waals surface area contributed by atoms with Crippen LogP contribution in [-0.4, -0.2) is 25.2 Å². The van der Waals surface area contributed by atoms with Crippen molar-refractivity contribution in [3.63, 3.8) is 0 Å². The predicted octanol–water partition coefficient (Wildman–Crippen LogP) is 3.01. The highest BCUT2D eigenvalue weighted by atomic mass is 16.5. The van der Waals surface area contributed by atoms with Crippen molar-refractivity contribution in [3.8, 4) is 5.75 Å². The van der Waals surface area contributed by atoms with Gasteiger partial charge in [-0.25, -0.2) is 0 Å². The minimum Gasteiger partial charge on any atom is -0.491 e. The topological polar surface area (TPSA) is 73.6 Å². The monoisotopic (exact) mass is 326 g/mol. The summed E-state index contributed by atoms with van der Waals surface area (Å²) in [4.78, 5) is 12.1. The second-order valence-corrected chi connectivity index (χ2v) is 5.94. The fourth-order valence-electron chi connectivity index (χ4n) is 2.65. The molecule has 1 aliphatic rings.